The Morgan fingerprint density at radius 3 is 2.53 bits per heavy atom. The average molecular weight is 422 g/mol. The highest BCUT2D eigenvalue weighted by atomic mass is 16.7. The Morgan fingerprint density at radius 1 is 1.23 bits per heavy atom. The summed E-state index contributed by atoms with van der Waals surface area (Å²) in [5.74, 6) is 1.09. The molecule has 3 amide bonds. The molecule has 0 unspecified atom stereocenters. The van der Waals surface area contributed by atoms with Crippen LogP contribution in [0.2, 0.25) is 0 Å². The number of nitrogens with two attached hydrogens (primary N) is 2. The summed E-state index contributed by atoms with van der Waals surface area (Å²) < 4.78 is 13.0. The quantitative estimate of drug-likeness (QED) is 0.331. The first-order chi connectivity index (χ1) is 13.9. The van der Waals surface area contributed by atoms with Gasteiger partial charge in [0.25, 0.3) is 0 Å². The Labute approximate surface area is 180 Å². The van der Waals surface area contributed by atoms with E-state index in [-0.39, 0.29) is 29.0 Å². The van der Waals surface area contributed by atoms with E-state index in [0.717, 1.165) is 12.8 Å². The lowest BCUT2D eigenvalue weighted by Crippen LogP contribution is -2.65. The van der Waals surface area contributed by atoms with Crippen molar-refractivity contribution in [1.82, 2.24) is 10.6 Å². The number of carbonyl (C=O) groups excluding carboxylic acids is 2. The topological polar surface area (TPSA) is 129 Å². The SMILES string of the molecule is CC(C)C[C@H](NC(=O)[C@@H](N)CCCNC(N)=O)B1O[C@@H]2C[C@H]3C[C@H](C3(C)C)[C@]2(C)O1. The maximum absolute atomic E-state index is 12.7. The van der Waals surface area contributed by atoms with Crippen LogP contribution in [0.25, 0.3) is 0 Å². The van der Waals surface area contributed by atoms with Crippen LogP contribution in [-0.4, -0.2) is 49.3 Å². The Morgan fingerprint density at radius 2 is 1.93 bits per heavy atom. The summed E-state index contributed by atoms with van der Waals surface area (Å²) in [6, 6.07) is -1.23. The van der Waals surface area contributed by atoms with Crippen molar-refractivity contribution in [2.45, 2.75) is 90.4 Å². The fourth-order valence-corrected chi connectivity index (χ4v) is 5.77. The van der Waals surface area contributed by atoms with Crippen LogP contribution in [0.3, 0.4) is 0 Å². The third-order valence-electron chi connectivity index (χ3n) is 7.68. The van der Waals surface area contributed by atoms with Crippen molar-refractivity contribution in [2.75, 3.05) is 6.54 Å². The van der Waals surface area contributed by atoms with E-state index in [2.05, 4.69) is 45.3 Å². The summed E-state index contributed by atoms with van der Waals surface area (Å²) in [6.45, 7) is 11.5. The van der Waals surface area contributed by atoms with E-state index in [1.807, 2.05) is 0 Å². The molecule has 1 aliphatic heterocycles. The van der Waals surface area contributed by atoms with Gasteiger partial charge < -0.3 is 31.4 Å². The highest BCUT2D eigenvalue weighted by Crippen LogP contribution is 2.65. The van der Waals surface area contributed by atoms with Gasteiger partial charge in [-0.05, 0) is 62.2 Å². The van der Waals surface area contributed by atoms with Gasteiger partial charge in [-0.2, -0.15) is 0 Å². The van der Waals surface area contributed by atoms with Crippen molar-refractivity contribution in [2.24, 2.45) is 34.6 Å². The monoisotopic (exact) mass is 422 g/mol. The minimum Gasteiger partial charge on any atom is -0.404 e. The van der Waals surface area contributed by atoms with E-state index >= 15 is 0 Å². The van der Waals surface area contributed by atoms with Crippen molar-refractivity contribution in [3.8, 4) is 0 Å². The summed E-state index contributed by atoms with van der Waals surface area (Å²) in [5, 5.41) is 5.60. The zero-order valence-electron chi connectivity index (χ0n) is 19.1. The molecular formula is C21H39BN4O4. The van der Waals surface area contributed by atoms with Gasteiger partial charge in [0.15, 0.2) is 0 Å². The normalized spacial score (nSPS) is 33.4. The molecule has 0 aromatic rings. The predicted octanol–water partition coefficient (Wildman–Crippen LogP) is 1.56. The molecule has 0 aromatic carbocycles. The van der Waals surface area contributed by atoms with Crippen molar-refractivity contribution < 1.29 is 18.9 Å². The zero-order valence-corrected chi connectivity index (χ0v) is 19.1. The minimum absolute atomic E-state index is 0.0828. The molecule has 3 saturated carbocycles. The Hall–Kier alpha value is -1.32. The number of amides is 3. The van der Waals surface area contributed by atoms with Crippen molar-refractivity contribution in [3.63, 3.8) is 0 Å². The Bertz CT molecular complexity index is 661. The lowest BCUT2D eigenvalue weighted by Gasteiger charge is -2.64. The van der Waals surface area contributed by atoms with E-state index in [1.165, 1.54) is 6.42 Å². The molecule has 1 heterocycles. The molecule has 4 fully saturated rings. The van der Waals surface area contributed by atoms with Crippen molar-refractivity contribution >= 4 is 19.1 Å². The van der Waals surface area contributed by atoms with Gasteiger partial charge in [0.1, 0.15) is 0 Å². The van der Waals surface area contributed by atoms with E-state index in [9.17, 15) is 9.59 Å². The Balaban J connectivity index is 1.60. The fourth-order valence-electron chi connectivity index (χ4n) is 5.77. The van der Waals surface area contributed by atoms with Crippen LogP contribution < -0.4 is 22.1 Å². The van der Waals surface area contributed by atoms with Crippen LogP contribution in [-0.2, 0) is 14.1 Å². The van der Waals surface area contributed by atoms with Crippen LogP contribution in [0.15, 0.2) is 0 Å². The number of hydrogen-bond donors (Lipinski definition) is 4. The molecule has 4 rings (SSSR count). The summed E-state index contributed by atoms with van der Waals surface area (Å²) in [6.07, 6.45) is 4.10. The second-order valence-corrected chi connectivity index (χ2v) is 10.6. The molecule has 6 N–H and O–H groups in total. The molecule has 30 heavy (non-hydrogen) atoms. The van der Waals surface area contributed by atoms with Crippen molar-refractivity contribution in [1.29, 1.82) is 0 Å². The Kier molecular flexibility index (Phi) is 6.75. The fraction of sp³-hybridized carbons (Fsp3) is 0.905. The van der Waals surface area contributed by atoms with Gasteiger partial charge in [-0.25, -0.2) is 4.79 Å². The van der Waals surface area contributed by atoms with Gasteiger partial charge in [-0.1, -0.05) is 27.7 Å². The number of carbonyl (C=O) groups is 2. The molecule has 9 heteroatoms. The molecule has 0 spiro atoms. The maximum Gasteiger partial charge on any atom is 0.481 e. The third-order valence-corrected chi connectivity index (χ3v) is 7.68. The van der Waals surface area contributed by atoms with E-state index in [0.29, 0.717) is 37.1 Å². The summed E-state index contributed by atoms with van der Waals surface area (Å²) in [4.78, 5) is 23.5. The van der Waals surface area contributed by atoms with Crippen LogP contribution >= 0.6 is 0 Å². The lowest BCUT2D eigenvalue weighted by atomic mass is 9.43. The number of hydrogen-bond acceptors (Lipinski definition) is 5. The molecule has 2 bridgehead atoms. The van der Waals surface area contributed by atoms with Gasteiger partial charge in [0.2, 0.25) is 5.91 Å². The number of nitrogens with one attached hydrogen (secondary N) is 2. The number of urea groups is 1. The van der Waals surface area contributed by atoms with E-state index in [4.69, 9.17) is 20.8 Å². The minimum atomic E-state index is -0.652. The second kappa shape index (κ2) is 8.67. The van der Waals surface area contributed by atoms with Crippen LogP contribution in [0.1, 0.15) is 66.7 Å². The van der Waals surface area contributed by atoms with Crippen LogP contribution in [0.5, 0.6) is 0 Å². The summed E-state index contributed by atoms with van der Waals surface area (Å²) >= 11 is 0. The molecule has 6 atom stereocenters. The molecule has 0 aromatic heterocycles. The van der Waals surface area contributed by atoms with E-state index in [1.54, 1.807) is 0 Å². The maximum atomic E-state index is 12.7. The van der Waals surface area contributed by atoms with Gasteiger partial charge in [-0.3, -0.25) is 4.79 Å². The largest absolute Gasteiger partial charge is 0.481 e. The summed E-state index contributed by atoms with van der Waals surface area (Å²) in [7, 11) is -0.453. The van der Waals surface area contributed by atoms with E-state index < -0.39 is 19.2 Å². The highest BCUT2D eigenvalue weighted by Gasteiger charge is 2.68. The zero-order chi connectivity index (χ0) is 22.3. The summed E-state index contributed by atoms with van der Waals surface area (Å²) in [5.41, 5.74) is 11.1. The van der Waals surface area contributed by atoms with Gasteiger partial charge >= 0.3 is 13.1 Å². The van der Waals surface area contributed by atoms with Gasteiger partial charge in [-0.15, -0.1) is 0 Å². The highest BCUT2D eigenvalue weighted by molar-refractivity contribution is 6.47. The van der Waals surface area contributed by atoms with Gasteiger partial charge in [0, 0.05) is 6.54 Å². The lowest BCUT2D eigenvalue weighted by molar-refractivity contribution is -0.199. The first-order valence-corrected chi connectivity index (χ1v) is 11.4. The molecule has 8 nitrogen and oxygen atoms in total. The standard InChI is InChI=1S/C21H39BN4O4/c1-12(2)9-17(26-18(27)14(23)7-6-8-25-19(24)28)22-29-16-11-13-10-15(20(13,3)4)21(16,5)30-22/h12-17H,6-11,23H2,1-5H3,(H,26,27)(H3,24,25,28)/t13-,14+,15-,16-,17+,21+/m1/s1. The van der Waals surface area contributed by atoms with Crippen LogP contribution in [0.4, 0.5) is 4.79 Å². The molecular weight excluding hydrogens is 383 g/mol. The smallest absolute Gasteiger partial charge is 0.404 e. The number of rotatable bonds is 9. The third kappa shape index (κ3) is 4.48. The molecule has 170 valence electrons. The first kappa shape index (κ1) is 23.4. The second-order valence-electron chi connectivity index (χ2n) is 10.6. The molecule has 4 aliphatic rings. The van der Waals surface area contributed by atoms with Crippen LogP contribution in [0, 0.1) is 23.2 Å². The molecule has 0 radical (unpaired) electrons. The van der Waals surface area contributed by atoms with Gasteiger partial charge in [0.05, 0.1) is 23.7 Å². The molecule has 1 saturated heterocycles. The molecule has 3 aliphatic carbocycles. The number of primary amides is 1. The predicted molar refractivity (Wildman–Crippen MR) is 116 cm³/mol. The van der Waals surface area contributed by atoms with Crippen molar-refractivity contribution in [3.05, 3.63) is 0 Å². The average Bonchev–Trinajstić information content (AvgIpc) is 3.00. The first-order valence-electron chi connectivity index (χ1n) is 11.4.